The average Bonchev–Trinajstić information content (AvgIpc) is 2.94. The van der Waals surface area contributed by atoms with Crippen LogP contribution in [0, 0.1) is 0 Å². The van der Waals surface area contributed by atoms with E-state index in [-0.39, 0.29) is 16.7 Å². The number of ether oxygens (including phenoxy) is 2. The van der Waals surface area contributed by atoms with E-state index in [1.165, 1.54) is 23.8 Å². The summed E-state index contributed by atoms with van der Waals surface area (Å²) in [5.41, 5.74) is 2.06. The molecule has 0 bridgehead atoms. The molecule has 2 aromatic rings. The minimum atomic E-state index is -1.05. The molecule has 1 aliphatic rings. The maximum absolute atomic E-state index is 11.9. The van der Waals surface area contributed by atoms with Crippen molar-refractivity contribution in [3.8, 4) is 5.75 Å². The number of thiocarbonyl (C=S) groups is 1. The summed E-state index contributed by atoms with van der Waals surface area (Å²) in [6.07, 6.45) is 2.37. The van der Waals surface area contributed by atoms with E-state index in [4.69, 9.17) is 44.9 Å². The summed E-state index contributed by atoms with van der Waals surface area (Å²) in [5, 5.41) is 11.0. The molecule has 2 heterocycles. The van der Waals surface area contributed by atoms with Crippen LogP contribution in [0.15, 0.2) is 12.3 Å². The van der Waals surface area contributed by atoms with Crippen molar-refractivity contribution in [2.45, 2.75) is 19.0 Å². The summed E-state index contributed by atoms with van der Waals surface area (Å²) in [6, 6.07) is 0.776. The number of nitrogens with zero attached hydrogens (tertiary/aromatic N) is 2. The number of hydrogen-bond donors (Lipinski definition) is 1. The first-order valence-corrected chi connectivity index (χ1v) is 10.3. The van der Waals surface area contributed by atoms with Gasteiger partial charge in [-0.2, -0.15) is 0 Å². The number of hydrogen-bond acceptors (Lipinski definition) is 6. The smallest absolute Gasteiger partial charge is 0.408 e. The Morgan fingerprint density at radius 2 is 2.15 bits per heavy atom. The molecule has 0 spiro atoms. The fraction of sp³-hybridized carbons (Fsp3) is 0.353. The minimum absolute atomic E-state index is 0.106. The molecule has 0 aliphatic carbocycles. The van der Waals surface area contributed by atoms with Crippen molar-refractivity contribution in [2.75, 3.05) is 20.0 Å². The van der Waals surface area contributed by atoms with Gasteiger partial charge in [-0.05, 0) is 37.0 Å². The fourth-order valence-corrected chi connectivity index (χ4v) is 4.12. The van der Waals surface area contributed by atoms with Gasteiger partial charge in [0.05, 0.1) is 29.7 Å². The van der Waals surface area contributed by atoms with Crippen LogP contribution in [0.3, 0.4) is 0 Å². The van der Waals surface area contributed by atoms with E-state index < -0.39 is 18.2 Å². The highest BCUT2D eigenvalue weighted by Crippen LogP contribution is 2.48. The first-order valence-electron chi connectivity index (χ1n) is 7.88. The number of carbonyl (C=O) groups is 1. The number of aromatic nitrogens is 1. The average molecular weight is 447 g/mol. The predicted molar refractivity (Wildman–Crippen MR) is 111 cm³/mol. The first-order chi connectivity index (χ1) is 12.8. The molecule has 1 amide bonds. The van der Waals surface area contributed by atoms with Gasteiger partial charge in [-0.1, -0.05) is 35.0 Å². The lowest BCUT2D eigenvalue weighted by Crippen LogP contribution is -2.33. The Labute approximate surface area is 175 Å². The number of amides is 1. The van der Waals surface area contributed by atoms with Crippen LogP contribution in [0.1, 0.15) is 30.1 Å². The first kappa shape index (κ1) is 20.3. The normalized spacial score (nSPS) is 18.5. The van der Waals surface area contributed by atoms with Crippen LogP contribution in [-0.2, 0) is 4.74 Å². The van der Waals surface area contributed by atoms with Gasteiger partial charge in [0.2, 0.25) is 4.38 Å². The number of fused-ring (bicyclic) bond motifs is 3. The van der Waals surface area contributed by atoms with E-state index in [1.54, 1.807) is 18.5 Å². The van der Waals surface area contributed by atoms with Gasteiger partial charge in [-0.15, -0.1) is 0 Å². The fourth-order valence-electron chi connectivity index (χ4n) is 3.40. The molecule has 144 valence electrons. The molecule has 0 saturated carbocycles. The van der Waals surface area contributed by atoms with Crippen LogP contribution >= 0.6 is 47.2 Å². The third-order valence-corrected chi connectivity index (χ3v) is 6.49. The van der Waals surface area contributed by atoms with Gasteiger partial charge in [0, 0.05) is 17.1 Å². The van der Waals surface area contributed by atoms with Crippen molar-refractivity contribution < 1.29 is 19.4 Å². The van der Waals surface area contributed by atoms with Gasteiger partial charge in [0.1, 0.15) is 17.4 Å². The van der Waals surface area contributed by atoms with Crippen LogP contribution in [0.2, 0.25) is 10.0 Å². The van der Waals surface area contributed by atoms with Crippen LogP contribution in [-0.4, -0.2) is 45.4 Å². The van der Waals surface area contributed by atoms with Crippen molar-refractivity contribution in [3.05, 3.63) is 33.4 Å². The van der Waals surface area contributed by atoms with Gasteiger partial charge in [0.15, 0.2) is 0 Å². The summed E-state index contributed by atoms with van der Waals surface area (Å²) >= 11 is 19.0. The summed E-state index contributed by atoms with van der Waals surface area (Å²) in [4.78, 5) is 17.7. The molecule has 1 aliphatic heterocycles. The number of methoxy groups -OCH3 is 1. The van der Waals surface area contributed by atoms with Crippen LogP contribution < -0.4 is 4.74 Å². The topological polar surface area (TPSA) is 71.9 Å². The molecular weight excluding hydrogens is 431 g/mol. The molecule has 0 radical (unpaired) electrons. The standard InChI is InChI=1S/C17H16Cl2N2O4S2/c1-7-12-8-4-11(24-2)13(18)14(19)15(8)20-5-9(12)10(21(7)16(22)23)6-25-17(26)27-3/h4-5,7,10H,6H2,1-3H3,(H,22,23)/t7-,10-/m0/s1. The highest BCUT2D eigenvalue weighted by Gasteiger charge is 2.41. The molecule has 6 nitrogen and oxygen atoms in total. The SMILES string of the molecule is COc1cc2c3c(cnc2c(Cl)c1Cl)[C@H](COC(=S)SC)N(C(=O)O)[C@H]3C. The molecule has 1 aromatic heterocycles. The van der Waals surface area contributed by atoms with Gasteiger partial charge < -0.3 is 14.6 Å². The number of carboxylic acid groups (broad SMARTS) is 1. The van der Waals surface area contributed by atoms with Crippen molar-refractivity contribution >= 4 is 68.6 Å². The molecule has 27 heavy (non-hydrogen) atoms. The molecule has 2 atom stereocenters. The summed E-state index contributed by atoms with van der Waals surface area (Å²) in [5.74, 6) is 0.404. The van der Waals surface area contributed by atoms with E-state index in [1.807, 2.05) is 6.92 Å². The van der Waals surface area contributed by atoms with E-state index in [9.17, 15) is 9.90 Å². The van der Waals surface area contributed by atoms with E-state index in [0.29, 0.717) is 21.0 Å². The van der Waals surface area contributed by atoms with Crippen molar-refractivity contribution in [3.63, 3.8) is 0 Å². The van der Waals surface area contributed by atoms with Crippen LogP contribution in [0.4, 0.5) is 4.79 Å². The molecule has 10 heteroatoms. The second-order valence-electron chi connectivity index (χ2n) is 5.88. The Morgan fingerprint density at radius 3 is 2.74 bits per heavy atom. The lowest BCUT2D eigenvalue weighted by molar-refractivity contribution is 0.0938. The van der Waals surface area contributed by atoms with Gasteiger partial charge in [-0.25, -0.2) is 4.79 Å². The van der Waals surface area contributed by atoms with E-state index in [0.717, 1.165) is 11.1 Å². The lowest BCUT2D eigenvalue weighted by Gasteiger charge is -2.25. The van der Waals surface area contributed by atoms with Gasteiger partial charge >= 0.3 is 6.09 Å². The Bertz CT molecular complexity index is 941. The van der Waals surface area contributed by atoms with Crippen LogP contribution in [0.5, 0.6) is 5.75 Å². The molecule has 0 saturated heterocycles. The van der Waals surface area contributed by atoms with Crippen molar-refractivity contribution in [2.24, 2.45) is 0 Å². The van der Waals surface area contributed by atoms with E-state index >= 15 is 0 Å². The maximum Gasteiger partial charge on any atom is 0.408 e. The largest absolute Gasteiger partial charge is 0.495 e. The molecule has 3 rings (SSSR count). The quantitative estimate of drug-likeness (QED) is 0.640. The monoisotopic (exact) mass is 446 g/mol. The number of thioether (sulfide) groups is 1. The summed E-state index contributed by atoms with van der Waals surface area (Å²) in [7, 11) is 1.49. The minimum Gasteiger partial charge on any atom is -0.495 e. The predicted octanol–water partition coefficient (Wildman–Crippen LogP) is 5.31. The highest BCUT2D eigenvalue weighted by atomic mass is 35.5. The second kappa shape index (κ2) is 7.87. The Balaban J connectivity index is 2.19. The number of halogens is 2. The van der Waals surface area contributed by atoms with Gasteiger partial charge in [-0.3, -0.25) is 9.88 Å². The zero-order valence-electron chi connectivity index (χ0n) is 14.7. The molecular formula is C17H16Cl2N2O4S2. The molecule has 1 N–H and O–H groups in total. The molecule has 0 fully saturated rings. The number of pyridine rings is 1. The van der Waals surface area contributed by atoms with Crippen molar-refractivity contribution in [1.82, 2.24) is 9.88 Å². The summed E-state index contributed by atoms with van der Waals surface area (Å²) in [6.45, 7) is 1.92. The van der Waals surface area contributed by atoms with Gasteiger partial charge in [0.25, 0.3) is 0 Å². The third-order valence-electron chi connectivity index (χ3n) is 4.58. The maximum atomic E-state index is 11.9. The number of rotatable bonds is 3. The number of benzene rings is 1. The molecule has 1 aromatic carbocycles. The summed E-state index contributed by atoms with van der Waals surface area (Å²) < 4.78 is 11.2. The third kappa shape index (κ3) is 3.40. The van der Waals surface area contributed by atoms with Crippen LogP contribution in [0.25, 0.3) is 10.9 Å². The Morgan fingerprint density at radius 1 is 1.44 bits per heavy atom. The Kier molecular flexibility index (Phi) is 5.90. The van der Waals surface area contributed by atoms with Crippen molar-refractivity contribution in [1.29, 1.82) is 0 Å². The zero-order valence-corrected chi connectivity index (χ0v) is 17.8. The highest BCUT2D eigenvalue weighted by molar-refractivity contribution is 8.22. The second-order valence-corrected chi connectivity index (χ2v) is 8.04. The lowest BCUT2D eigenvalue weighted by atomic mass is 9.99. The zero-order chi connectivity index (χ0) is 19.9. The molecule has 0 unspecified atom stereocenters. The Hall–Kier alpha value is -1.48. The van der Waals surface area contributed by atoms with E-state index in [2.05, 4.69) is 4.98 Å².